The van der Waals surface area contributed by atoms with Crippen molar-refractivity contribution in [3.63, 3.8) is 0 Å². The third-order valence-electron chi connectivity index (χ3n) is 3.01. The lowest BCUT2D eigenvalue weighted by molar-refractivity contribution is 0.449. The molecule has 0 unspecified atom stereocenters. The monoisotopic (exact) mass is 221 g/mol. The zero-order chi connectivity index (χ0) is 11.8. The molecule has 3 heteroatoms. The molecule has 0 saturated heterocycles. The highest BCUT2D eigenvalue weighted by Gasteiger charge is 2.02. The van der Waals surface area contributed by atoms with Crippen LogP contribution < -0.4 is 11.1 Å². The number of pyridine rings is 1. The lowest BCUT2D eigenvalue weighted by Crippen LogP contribution is -2.21. The van der Waals surface area contributed by atoms with E-state index in [4.69, 9.17) is 5.73 Å². The Kier molecular flexibility index (Phi) is 6.04. The van der Waals surface area contributed by atoms with Gasteiger partial charge in [0.05, 0.1) is 5.69 Å². The molecule has 0 aliphatic carbocycles. The van der Waals surface area contributed by atoms with Crippen molar-refractivity contribution in [3.05, 3.63) is 29.6 Å². The number of aromatic nitrogens is 1. The fraction of sp³-hybridized carbons (Fsp3) is 0.615. The summed E-state index contributed by atoms with van der Waals surface area (Å²) >= 11 is 0. The van der Waals surface area contributed by atoms with Crippen molar-refractivity contribution < 1.29 is 0 Å². The van der Waals surface area contributed by atoms with Crippen LogP contribution in [-0.2, 0) is 13.1 Å². The summed E-state index contributed by atoms with van der Waals surface area (Å²) in [6.45, 7) is 7.00. The predicted octanol–water partition coefficient (Wildman–Crippen LogP) is 2.07. The van der Waals surface area contributed by atoms with Gasteiger partial charge in [-0.05, 0) is 30.2 Å². The number of hydrogen-bond donors (Lipinski definition) is 2. The van der Waals surface area contributed by atoms with E-state index in [0.29, 0.717) is 6.54 Å². The standard InChI is InChI=1S/C13H23N3/c1-3-11(4-2)9-15-10-12-5-6-16-13(7-12)8-14/h5-7,11,15H,3-4,8-10,14H2,1-2H3. The fourth-order valence-corrected chi connectivity index (χ4v) is 1.75. The zero-order valence-electron chi connectivity index (χ0n) is 10.4. The van der Waals surface area contributed by atoms with Gasteiger partial charge in [-0.1, -0.05) is 26.7 Å². The van der Waals surface area contributed by atoms with Crippen LogP contribution in [0.3, 0.4) is 0 Å². The first kappa shape index (κ1) is 13.1. The Bertz CT molecular complexity index is 295. The summed E-state index contributed by atoms with van der Waals surface area (Å²) in [5.74, 6) is 0.788. The number of nitrogens with two attached hydrogens (primary N) is 1. The van der Waals surface area contributed by atoms with Gasteiger partial charge in [0.15, 0.2) is 0 Å². The molecule has 3 nitrogen and oxygen atoms in total. The maximum absolute atomic E-state index is 5.56. The normalized spacial score (nSPS) is 11.0. The van der Waals surface area contributed by atoms with E-state index in [9.17, 15) is 0 Å². The third kappa shape index (κ3) is 4.29. The van der Waals surface area contributed by atoms with Crippen LogP contribution in [0, 0.1) is 5.92 Å². The number of nitrogens with one attached hydrogen (secondary N) is 1. The molecule has 0 amide bonds. The number of rotatable bonds is 7. The van der Waals surface area contributed by atoms with Crippen LogP contribution in [0.15, 0.2) is 18.3 Å². The van der Waals surface area contributed by atoms with Gasteiger partial charge in [-0.15, -0.1) is 0 Å². The Hall–Kier alpha value is -0.930. The summed E-state index contributed by atoms with van der Waals surface area (Å²) in [4.78, 5) is 4.18. The molecule has 0 aromatic carbocycles. The van der Waals surface area contributed by atoms with Gasteiger partial charge >= 0.3 is 0 Å². The molecule has 0 aliphatic heterocycles. The Labute approximate surface area is 98.5 Å². The second-order valence-electron chi connectivity index (χ2n) is 4.17. The van der Waals surface area contributed by atoms with Gasteiger partial charge in [-0.2, -0.15) is 0 Å². The minimum atomic E-state index is 0.514. The van der Waals surface area contributed by atoms with Gasteiger partial charge in [0.2, 0.25) is 0 Å². The van der Waals surface area contributed by atoms with E-state index < -0.39 is 0 Å². The van der Waals surface area contributed by atoms with Crippen molar-refractivity contribution in [2.24, 2.45) is 11.7 Å². The van der Waals surface area contributed by atoms with Gasteiger partial charge in [0.25, 0.3) is 0 Å². The predicted molar refractivity (Wildman–Crippen MR) is 67.9 cm³/mol. The molecule has 1 aromatic heterocycles. The molecule has 1 heterocycles. The maximum atomic E-state index is 5.56. The van der Waals surface area contributed by atoms with E-state index in [1.165, 1.54) is 18.4 Å². The van der Waals surface area contributed by atoms with Crippen molar-refractivity contribution in [1.29, 1.82) is 0 Å². The van der Waals surface area contributed by atoms with Crippen LogP contribution >= 0.6 is 0 Å². The van der Waals surface area contributed by atoms with Gasteiger partial charge in [-0.25, -0.2) is 0 Å². The molecule has 16 heavy (non-hydrogen) atoms. The highest BCUT2D eigenvalue weighted by atomic mass is 14.9. The minimum absolute atomic E-state index is 0.514. The summed E-state index contributed by atoms with van der Waals surface area (Å²) in [5, 5.41) is 3.49. The van der Waals surface area contributed by atoms with Crippen LogP contribution in [-0.4, -0.2) is 11.5 Å². The van der Waals surface area contributed by atoms with Crippen LogP contribution in [0.2, 0.25) is 0 Å². The summed E-state index contributed by atoms with van der Waals surface area (Å²) in [6, 6.07) is 4.11. The average molecular weight is 221 g/mol. The molecule has 1 rings (SSSR count). The number of hydrogen-bond acceptors (Lipinski definition) is 3. The largest absolute Gasteiger partial charge is 0.325 e. The van der Waals surface area contributed by atoms with E-state index in [-0.39, 0.29) is 0 Å². The molecule has 0 aliphatic rings. The van der Waals surface area contributed by atoms with Gasteiger partial charge < -0.3 is 11.1 Å². The smallest absolute Gasteiger partial charge is 0.0542 e. The first-order chi connectivity index (χ1) is 7.80. The Morgan fingerprint density at radius 2 is 2.12 bits per heavy atom. The number of nitrogens with zero attached hydrogens (tertiary/aromatic N) is 1. The fourth-order valence-electron chi connectivity index (χ4n) is 1.75. The van der Waals surface area contributed by atoms with E-state index in [1.807, 2.05) is 12.3 Å². The highest BCUT2D eigenvalue weighted by Crippen LogP contribution is 2.06. The van der Waals surface area contributed by atoms with Crippen LogP contribution in [0.5, 0.6) is 0 Å². The summed E-state index contributed by atoms with van der Waals surface area (Å²) in [7, 11) is 0. The molecule has 90 valence electrons. The molecule has 0 bridgehead atoms. The molecule has 0 atom stereocenters. The summed E-state index contributed by atoms with van der Waals surface area (Å²) < 4.78 is 0. The Morgan fingerprint density at radius 1 is 1.38 bits per heavy atom. The van der Waals surface area contributed by atoms with Crippen molar-refractivity contribution in [3.8, 4) is 0 Å². The van der Waals surface area contributed by atoms with Crippen molar-refractivity contribution >= 4 is 0 Å². The molecule has 0 saturated carbocycles. The van der Waals surface area contributed by atoms with Gasteiger partial charge in [0, 0.05) is 19.3 Å². The van der Waals surface area contributed by atoms with Crippen LogP contribution in [0.25, 0.3) is 0 Å². The molecule has 1 aromatic rings. The van der Waals surface area contributed by atoms with E-state index >= 15 is 0 Å². The van der Waals surface area contributed by atoms with Crippen molar-refractivity contribution in [1.82, 2.24) is 10.3 Å². The molecule has 0 spiro atoms. The quantitative estimate of drug-likeness (QED) is 0.741. The Balaban J connectivity index is 2.36. The minimum Gasteiger partial charge on any atom is -0.325 e. The van der Waals surface area contributed by atoms with Gasteiger partial charge in [-0.3, -0.25) is 4.98 Å². The zero-order valence-corrected chi connectivity index (χ0v) is 10.4. The van der Waals surface area contributed by atoms with Crippen LogP contribution in [0.4, 0.5) is 0 Å². The molecule has 3 N–H and O–H groups in total. The van der Waals surface area contributed by atoms with E-state index in [1.54, 1.807) is 0 Å². The maximum Gasteiger partial charge on any atom is 0.0542 e. The molecular formula is C13H23N3. The Morgan fingerprint density at radius 3 is 2.75 bits per heavy atom. The third-order valence-corrected chi connectivity index (χ3v) is 3.01. The SMILES string of the molecule is CCC(CC)CNCc1ccnc(CN)c1. The first-order valence-corrected chi connectivity index (χ1v) is 6.14. The lowest BCUT2D eigenvalue weighted by Gasteiger charge is -2.13. The summed E-state index contributed by atoms with van der Waals surface area (Å²) in [5.41, 5.74) is 7.78. The van der Waals surface area contributed by atoms with Crippen molar-refractivity contribution in [2.75, 3.05) is 6.54 Å². The highest BCUT2D eigenvalue weighted by molar-refractivity contribution is 5.15. The second-order valence-corrected chi connectivity index (χ2v) is 4.17. The molecule has 0 fully saturated rings. The van der Waals surface area contributed by atoms with E-state index in [2.05, 4.69) is 30.2 Å². The average Bonchev–Trinajstić information content (AvgIpc) is 2.35. The lowest BCUT2D eigenvalue weighted by atomic mass is 10.0. The molecular weight excluding hydrogens is 198 g/mol. The first-order valence-electron chi connectivity index (χ1n) is 6.14. The van der Waals surface area contributed by atoms with Crippen LogP contribution in [0.1, 0.15) is 37.9 Å². The van der Waals surface area contributed by atoms with E-state index in [0.717, 1.165) is 24.7 Å². The van der Waals surface area contributed by atoms with Crippen molar-refractivity contribution in [2.45, 2.75) is 39.8 Å². The summed E-state index contributed by atoms with van der Waals surface area (Å²) in [6.07, 6.45) is 4.32. The second kappa shape index (κ2) is 7.36. The topological polar surface area (TPSA) is 50.9 Å². The van der Waals surface area contributed by atoms with Gasteiger partial charge in [0.1, 0.15) is 0 Å². The molecule has 0 radical (unpaired) electrons.